The van der Waals surface area contributed by atoms with Gasteiger partial charge in [-0.25, -0.2) is 9.98 Å². The van der Waals surface area contributed by atoms with E-state index in [1.165, 1.54) is 4.90 Å². The van der Waals surface area contributed by atoms with E-state index in [0.717, 1.165) is 30.4 Å². The van der Waals surface area contributed by atoms with Crippen LogP contribution in [0.1, 0.15) is 12.5 Å². The molecular weight excluding hydrogens is 360 g/mol. The van der Waals surface area contributed by atoms with Gasteiger partial charge in [0.2, 0.25) is 5.88 Å². The molecule has 0 aliphatic rings. The van der Waals surface area contributed by atoms with Gasteiger partial charge in [-0.1, -0.05) is 24.3 Å². The molecule has 0 aliphatic heterocycles. The second-order valence-corrected chi connectivity index (χ2v) is 6.76. The number of rotatable bonds is 11. The Labute approximate surface area is 165 Å². The summed E-state index contributed by atoms with van der Waals surface area (Å²) in [6, 6.07) is 14.3. The monoisotopic (exact) mass is 388 g/mol. The molecule has 0 saturated heterocycles. The lowest BCUT2D eigenvalue weighted by Gasteiger charge is -2.12. The number of nitrogens with zero attached hydrogens (tertiary/aromatic N) is 2. The Morgan fingerprint density at radius 3 is 2.74 bits per heavy atom. The first-order chi connectivity index (χ1) is 13.3. The molecule has 0 aliphatic carbocycles. The Morgan fingerprint density at radius 2 is 1.96 bits per heavy atom. The average Bonchev–Trinajstić information content (AvgIpc) is 2.71. The Balaban J connectivity index is 1.85. The van der Waals surface area contributed by atoms with Crippen molar-refractivity contribution in [3.05, 3.63) is 54.2 Å². The van der Waals surface area contributed by atoms with Gasteiger partial charge in [-0.3, -0.25) is 0 Å². The summed E-state index contributed by atoms with van der Waals surface area (Å²) in [5.74, 6) is 2.36. The number of guanidine groups is 1. The van der Waals surface area contributed by atoms with Crippen LogP contribution in [0.15, 0.2) is 58.5 Å². The fourth-order valence-electron chi connectivity index (χ4n) is 2.26. The summed E-state index contributed by atoms with van der Waals surface area (Å²) in [6.07, 6.45) is 1.72. The molecule has 1 aromatic carbocycles. The minimum atomic E-state index is 0.471. The van der Waals surface area contributed by atoms with E-state index in [-0.39, 0.29) is 0 Å². The molecule has 0 saturated carbocycles. The molecule has 146 valence electrons. The Bertz CT molecular complexity index is 683. The van der Waals surface area contributed by atoms with Gasteiger partial charge in [0, 0.05) is 42.6 Å². The highest BCUT2D eigenvalue weighted by molar-refractivity contribution is 7.99. The Kier molecular flexibility index (Phi) is 10.1. The molecule has 0 radical (unpaired) electrons. The number of benzene rings is 1. The number of aliphatic imine (C=N–C) groups is 1. The molecule has 27 heavy (non-hydrogen) atoms. The fourth-order valence-corrected chi connectivity index (χ4v) is 3.05. The normalized spacial score (nSPS) is 11.3. The van der Waals surface area contributed by atoms with Gasteiger partial charge in [0.05, 0.1) is 13.2 Å². The van der Waals surface area contributed by atoms with E-state index in [9.17, 15) is 0 Å². The highest BCUT2D eigenvalue weighted by Crippen LogP contribution is 2.16. The first-order valence-corrected chi connectivity index (χ1v) is 10.1. The molecule has 0 bridgehead atoms. The smallest absolute Gasteiger partial charge is 0.218 e. The molecule has 1 heterocycles. The van der Waals surface area contributed by atoms with Gasteiger partial charge in [0.25, 0.3) is 0 Å². The van der Waals surface area contributed by atoms with Crippen LogP contribution in [0.3, 0.4) is 0 Å². The highest BCUT2D eigenvalue weighted by atomic mass is 32.2. The van der Waals surface area contributed by atoms with Crippen LogP contribution in [0.2, 0.25) is 0 Å². The summed E-state index contributed by atoms with van der Waals surface area (Å²) >= 11 is 1.82. The van der Waals surface area contributed by atoms with Gasteiger partial charge in [-0.2, -0.15) is 0 Å². The molecule has 0 atom stereocenters. The summed E-state index contributed by atoms with van der Waals surface area (Å²) in [5, 5.41) is 6.64. The Morgan fingerprint density at radius 1 is 1.11 bits per heavy atom. The number of aromatic nitrogens is 1. The van der Waals surface area contributed by atoms with Crippen LogP contribution in [0.5, 0.6) is 5.88 Å². The van der Waals surface area contributed by atoms with Crippen LogP contribution in [-0.2, 0) is 11.3 Å². The maximum absolute atomic E-state index is 5.67. The van der Waals surface area contributed by atoms with Crippen molar-refractivity contribution in [1.29, 1.82) is 0 Å². The molecule has 2 aromatic rings. The molecule has 6 nitrogen and oxygen atoms in total. The van der Waals surface area contributed by atoms with Gasteiger partial charge in [-0.05, 0) is 25.1 Å². The van der Waals surface area contributed by atoms with Crippen LogP contribution in [0.25, 0.3) is 0 Å². The van der Waals surface area contributed by atoms with Gasteiger partial charge < -0.3 is 20.1 Å². The zero-order valence-electron chi connectivity index (χ0n) is 16.0. The molecule has 0 unspecified atom stereocenters. The summed E-state index contributed by atoms with van der Waals surface area (Å²) in [4.78, 5) is 10.2. The van der Waals surface area contributed by atoms with Crippen molar-refractivity contribution < 1.29 is 9.47 Å². The molecule has 7 heteroatoms. The maximum atomic E-state index is 5.67. The predicted octanol–water partition coefficient (Wildman–Crippen LogP) is 2.95. The second-order valence-electron chi connectivity index (χ2n) is 5.59. The summed E-state index contributed by atoms with van der Waals surface area (Å²) < 4.78 is 10.7. The predicted molar refractivity (Wildman–Crippen MR) is 112 cm³/mol. The van der Waals surface area contributed by atoms with E-state index in [2.05, 4.69) is 51.8 Å². The lowest BCUT2D eigenvalue weighted by Crippen LogP contribution is -2.38. The molecule has 2 rings (SSSR count). The van der Waals surface area contributed by atoms with Crippen LogP contribution in [-0.4, -0.2) is 50.1 Å². The summed E-state index contributed by atoms with van der Waals surface area (Å²) in [5.41, 5.74) is 0.949. The highest BCUT2D eigenvalue weighted by Gasteiger charge is 2.05. The van der Waals surface area contributed by atoms with Gasteiger partial charge in [0.15, 0.2) is 5.96 Å². The first-order valence-electron chi connectivity index (χ1n) is 9.09. The van der Waals surface area contributed by atoms with E-state index >= 15 is 0 Å². The van der Waals surface area contributed by atoms with Crippen molar-refractivity contribution in [3.63, 3.8) is 0 Å². The number of methoxy groups -OCH3 is 1. The van der Waals surface area contributed by atoms with Crippen molar-refractivity contribution in [2.75, 3.05) is 39.2 Å². The van der Waals surface area contributed by atoms with E-state index < -0.39 is 0 Å². The topological polar surface area (TPSA) is 67.8 Å². The molecule has 1 aromatic heterocycles. The largest absolute Gasteiger partial charge is 0.475 e. The molecule has 0 spiro atoms. The van der Waals surface area contributed by atoms with Crippen LogP contribution in [0, 0.1) is 0 Å². The number of nitrogens with one attached hydrogen (secondary N) is 2. The van der Waals surface area contributed by atoms with Crippen LogP contribution in [0.4, 0.5) is 0 Å². The maximum Gasteiger partial charge on any atom is 0.218 e. The molecular formula is C20H28N4O2S. The van der Waals surface area contributed by atoms with Crippen molar-refractivity contribution in [3.8, 4) is 5.88 Å². The SMILES string of the molecule is CCNC(=NCc1cccnc1OCCOC)NCCSc1ccccc1. The number of hydrogen-bond acceptors (Lipinski definition) is 5. The lowest BCUT2D eigenvalue weighted by molar-refractivity contribution is 0.143. The number of thioether (sulfide) groups is 1. The zero-order chi connectivity index (χ0) is 19.2. The van der Waals surface area contributed by atoms with Crippen LogP contribution < -0.4 is 15.4 Å². The third-order valence-electron chi connectivity index (χ3n) is 3.53. The molecule has 0 amide bonds. The number of ether oxygens (including phenoxy) is 2. The van der Waals surface area contributed by atoms with E-state index in [1.54, 1.807) is 13.3 Å². The minimum Gasteiger partial charge on any atom is -0.475 e. The zero-order valence-corrected chi connectivity index (χ0v) is 16.8. The van der Waals surface area contributed by atoms with Crippen molar-refractivity contribution in [2.24, 2.45) is 4.99 Å². The van der Waals surface area contributed by atoms with Crippen molar-refractivity contribution in [2.45, 2.75) is 18.4 Å². The van der Waals surface area contributed by atoms with Crippen LogP contribution >= 0.6 is 11.8 Å². The lowest BCUT2D eigenvalue weighted by atomic mass is 10.3. The Hall–Kier alpha value is -2.25. The number of pyridine rings is 1. The molecule has 2 N–H and O–H groups in total. The van der Waals surface area contributed by atoms with E-state index in [4.69, 9.17) is 9.47 Å². The van der Waals surface area contributed by atoms with Crippen molar-refractivity contribution in [1.82, 2.24) is 15.6 Å². The average molecular weight is 389 g/mol. The summed E-state index contributed by atoms with van der Waals surface area (Å²) in [6.45, 7) is 5.19. The first kappa shape index (κ1) is 21.1. The van der Waals surface area contributed by atoms with E-state index in [0.29, 0.717) is 25.6 Å². The standard InChI is InChI=1S/C20H28N4O2S/c1-3-21-20(23-12-15-27-18-9-5-4-6-10-18)24-16-17-8-7-11-22-19(17)26-14-13-25-2/h4-11H,3,12-16H2,1-2H3,(H2,21,23,24). The van der Waals surface area contributed by atoms with Gasteiger partial charge >= 0.3 is 0 Å². The van der Waals surface area contributed by atoms with Gasteiger partial charge in [0.1, 0.15) is 6.61 Å². The fraction of sp³-hybridized carbons (Fsp3) is 0.400. The third kappa shape index (κ3) is 8.32. The number of hydrogen-bond donors (Lipinski definition) is 2. The molecule has 0 fully saturated rings. The van der Waals surface area contributed by atoms with E-state index in [1.807, 2.05) is 30.0 Å². The minimum absolute atomic E-state index is 0.471. The summed E-state index contributed by atoms with van der Waals surface area (Å²) in [7, 11) is 1.65. The quantitative estimate of drug-likeness (QED) is 0.267. The second kappa shape index (κ2) is 13.0. The van der Waals surface area contributed by atoms with Crippen molar-refractivity contribution >= 4 is 17.7 Å². The third-order valence-corrected chi connectivity index (χ3v) is 4.55. The van der Waals surface area contributed by atoms with Gasteiger partial charge in [-0.15, -0.1) is 11.8 Å².